The van der Waals surface area contributed by atoms with Crippen molar-refractivity contribution in [3.05, 3.63) is 53.0 Å². The zero-order valence-electron chi connectivity index (χ0n) is 15.6. The van der Waals surface area contributed by atoms with Crippen molar-refractivity contribution in [3.63, 3.8) is 0 Å². The standard InChI is InChI=1S/C20H23N3O2S/c1-13-11-16(15(3)23(13)9-10-25-4)19(24)12-26-20-14(2)21-17-7-5-6-8-18(17)22-20/h5-8,11H,9-10,12H2,1-4H3. The van der Waals surface area contributed by atoms with Gasteiger partial charge in [0, 0.05) is 30.6 Å². The first-order valence-electron chi connectivity index (χ1n) is 8.56. The maximum absolute atomic E-state index is 12.7. The number of aryl methyl sites for hydroxylation is 2. The highest BCUT2D eigenvalue weighted by molar-refractivity contribution is 8.00. The van der Waals surface area contributed by atoms with E-state index in [9.17, 15) is 4.79 Å². The number of fused-ring (bicyclic) bond motifs is 1. The Kier molecular flexibility index (Phi) is 5.74. The summed E-state index contributed by atoms with van der Waals surface area (Å²) in [6, 6.07) is 9.75. The van der Waals surface area contributed by atoms with Crippen molar-refractivity contribution in [1.82, 2.24) is 14.5 Å². The Morgan fingerprint density at radius 3 is 2.54 bits per heavy atom. The van der Waals surface area contributed by atoms with E-state index in [-0.39, 0.29) is 5.78 Å². The Bertz CT molecular complexity index is 950. The fraction of sp³-hybridized carbons (Fsp3) is 0.350. The number of ketones is 1. The highest BCUT2D eigenvalue weighted by Gasteiger charge is 2.17. The fourth-order valence-corrected chi connectivity index (χ4v) is 3.87. The largest absolute Gasteiger partial charge is 0.383 e. The minimum absolute atomic E-state index is 0.112. The number of thioether (sulfide) groups is 1. The minimum Gasteiger partial charge on any atom is -0.383 e. The van der Waals surface area contributed by atoms with E-state index in [1.165, 1.54) is 11.8 Å². The Morgan fingerprint density at radius 1 is 1.15 bits per heavy atom. The number of hydrogen-bond acceptors (Lipinski definition) is 5. The highest BCUT2D eigenvalue weighted by atomic mass is 32.2. The Labute approximate surface area is 157 Å². The number of rotatable bonds is 7. The minimum atomic E-state index is 0.112. The van der Waals surface area contributed by atoms with Crippen molar-refractivity contribution in [2.45, 2.75) is 32.3 Å². The summed E-state index contributed by atoms with van der Waals surface area (Å²) in [7, 11) is 1.68. The Morgan fingerprint density at radius 2 is 1.85 bits per heavy atom. The zero-order chi connectivity index (χ0) is 18.7. The lowest BCUT2D eigenvalue weighted by Crippen LogP contribution is -2.10. The van der Waals surface area contributed by atoms with Gasteiger partial charge in [-0.1, -0.05) is 23.9 Å². The summed E-state index contributed by atoms with van der Waals surface area (Å²) in [6.07, 6.45) is 0. The van der Waals surface area contributed by atoms with E-state index >= 15 is 0 Å². The zero-order valence-corrected chi connectivity index (χ0v) is 16.4. The molecule has 0 amide bonds. The first-order valence-corrected chi connectivity index (χ1v) is 9.55. The van der Waals surface area contributed by atoms with Gasteiger partial charge in [0.1, 0.15) is 5.03 Å². The molecule has 0 atom stereocenters. The molecule has 1 aromatic carbocycles. The number of ether oxygens (including phenoxy) is 1. The molecule has 3 rings (SSSR count). The molecule has 0 saturated heterocycles. The molecule has 0 saturated carbocycles. The van der Waals surface area contributed by atoms with Gasteiger partial charge in [0.25, 0.3) is 0 Å². The molecule has 0 aliphatic rings. The third-order valence-corrected chi connectivity index (χ3v) is 5.50. The maximum atomic E-state index is 12.7. The van der Waals surface area contributed by atoms with E-state index in [1.54, 1.807) is 7.11 Å². The topological polar surface area (TPSA) is 57.0 Å². The lowest BCUT2D eigenvalue weighted by atomic mass is 10.2. The van der Waals surface area contributed by atoms with E-state index in [2.05, 4.69) is 14.5 Å². The second-order valence-electron chi connectivity index (χ2n) is 6.24. The van der Waals surface area contributed by atoms with Crippen LogP contribution >= 0.6 is 11.8 Å². The van der Waals surface area contributed by atoms with Crippen LogP contribution in [0.5, 0.6) is 0 Å². The molecule has 2 heterocycles. The predicted octanol–water partition coefficient (Wildman–Crippen LogP) is 3.98. The molecule has 0 aliphatic carbocycles. The third-order valence-electron chi connectivity index (χ3n) is 4.43. The van der Waals surface area contributed by atoms with Gasteiger partial charge in [0.2, 0.25) is 0 Å². The first kappa shape index (κ1) is 18.6. The second kappa shape index (κ2) is 8.01. The molecule has 26 heavy (non-hydrogen) atoms. The number of para-hydroxylation sites is 2. The molecule has 0 aliphatic heterocycles. The molecule has 0 unspecified atom stereocenters. The summed E-state index contributed by atoms with van der Waals surface area (Å²) < 4.78 is 7.28. The van der Waals surface area contributed by atoms with E-state index in [4.69, 9.17) is 4.74 Å². The van der Waals surface area contributed by atoms with Crippen LogP contribution in [0.4, 0.5) is 0 Å². The van der Waals surface area contributed by atoms with Crippen LogP contribution < -0.4 is 0 Å². The summed E-state index contributed by atoms with van der Waals surface area (Å²) in [5.74, 6) is 0.462. The predicted molar refractivity (Wildman–Crippen MR) is 105 cm³/mol. The van der Waals surface area contributed by atoms with E-state index < -0.39 is 0 Å². The van der Waals surface area contributed by atoms with Crippen molar-refractivity contribution in [3.8, 4) is 0 Å². The fourth-order valence-electron chi connectivity index (χ4n) is 3.03. The lowest BCUT2D eigenvalue weighted by Gasteiger charge is -2.09. The van der Waals surface area contributed by atoms with Crippen molar-refractivity contribution in [1.29, 1.82) is 0 Å². The van der Waals surface area contributed by atoms with E-state index in [1.807, 2.05) is 51.1 Å². The monoisotopic (exact) mass is 369 g/mol. The van der Waals surface area contributed by atoms with Gasteiger partial charge in [-0.25, -0.2) is 9.97 Å². The van der Waals surface area contributed by atoms with Gasteiger partial charge in [-0.15, -0.1) is 0 Å². The Hall–Kier alpha value is -2.18. The average Bonchev–Trinajstić information content (AvgIpc) is 2.92. The van der Waals surface area contributed by atoms with Crippen LogP contribution in [0.25, 0.3) is 11.0 Å². The van der Waals surface area contributed by atoms with Crippen LogP contribution in [0.2, 0.25) is 0 Å². The normalized spacial score (nSPS) is 11.2. The summed E-state index contributed by atoms with van der Waals surface area (Å²) in [5, 5.41) is 0.810. The van der Waals surface area contributed by atoms with Crippen LogP contribution in [0.3, 0.4) is 0 Å². The SMILES string of the molecule is COCCn1c(C)cc(C(=O)CSc2nc3ccccc3nc2C)c1C. The molecule has 0 bridgehead atoms. The average molecular weight is 369 g/mol. The molecule has 3 aromatic rings. The molecule has 0 radical (unpaired) electrons. The number of methoxy groups -OCH3 is 1. The molecule has 0 spiro atoms. The molecule has 136 valence electrons. The Balaban J connectivity index is 1.76. The maximum Gasteiger partial charge on any atom is 0.174 e. The molecular weight excluding hydrogens is 346 g/mol. The van der Waals surface area contributed by atoms with Gasteiger partial charge >= 0.3 is 0 Å². The van der Waals surface area contributed by atoms with Crippen molar-refractivity contribution in [2.24, 2.45) is 0 Å². The highest BCUT2D eigenvalue weighted by Crippen LogP contribution is 2.24. The number of nitrogens with zero attached hydrogens (tertiary/aromatic N) is 3. The van der Waals surface area contributed by atoms with Crippen molar-refractivity contribution < 1.29 is 9.53 Å². The summed E-state index contributed by atoms with van der Waals surface area (Å²) in [4.78, 5) is 22.0. The van der Waals surface area contributed by atoms with Gasteiger partial charge in [0.15, 0.2) is 5.78 Å². The van der Waals surface area contributed by atoms with Crippen LogP contribution in [-0.2, 0) is 11.3 Å². The van der Waals surface area contributed by atoms with Gasteiger partial charge in [-0.05, 0) is 39.0 Å². The number of hydrogen-bond donors (Lipinski definition) is 0. The third kappa shape index (κ3) is 3.81. The molecule has 2 aromatic heterocycles. The molecule has 0 fully saturated rings. The van der Waals surface area contributed by atoms with Gasteiger partial charge in [-0.3, -0.25) is 4.79 Å². The first-order chi connectivity index (χ1) is 12.5. The van der Waals surface area contributed by atoms with Crippen LogP contribution in [0.1, 0.15) is 27.4 Å². The van der Waals surface area contributed by atoms with E-state index in [0.29, 0.717) is 12.4 Å². The number of aromatic nitrogens is 3. The van der Waals surface area contributed by atoms with Crippen molar-refractivity contribution in [2.75, 3.05) is 19.5 Å². The van der Waals surface area contributed by atoms with Gasteiger partial charge in [-0.2, -0.15) is 0 Å². The summed E-state index contributed by atoms with van der Waals surface area (Å²) in [5.41, 5.74) is 5.43. The number of carbonyl (C=O) groups is 1. The molecule has 6 heteroatoms. The van der Waals surface area contributed by atoms with Crippen LogP contribution in [0.15, 0.2) is 35.4 Å². The van der Waals surface area contributed by atoms with Crippen LogP contribution in [-0.4, -0.2) is 39.8 Å². The summed E-state index contributed by atoms with van der Waals surface area (Å²) >= 11 is 1.45. The smallest absolute Gasteiger partial charge is 0.174 e. The van der Waals surface area contributed by atoms with Crippen LogP contribution in [0, 0.1) is 20.8 Å². The quantitative estimate of drug-likeness (QED) is 0.466. The molecule has 5 nitrogen and oxygen atoms in total. The second-order valence-corrected chi connectivity index (χ2v) is 7.21. The van der Waals surface area contributed by atoms with Crippen molar-refractivity contribution >= 4 is 28.6 Å². The van der Waals surface area contributed by atoms with Gasteiger partial charge in [0.05, 0.1) is 29.1 Å². The lowest BCUT2D eigenvalue weighted by molar-refractivity contribution is 0.102. The molecular formula is C20H23N3O2S. The van der Waals surface area contributed by atoms with Gasteiger partial charge < -0.3 is 9.30 Å². The number of Topliss-reactive ketones (excluding diaryl/α,β-unsaturated/α-hetero) is 1. The number of benzene rings is 1. The summed E-state index contributed by atoms with van der Waals surface area (Å²) in [6.45, 7) is 7.32. The molecule has 0 N–H and O–H groups in total. The van der Waals surface area contributed by atoms with E-state index in [0.717, 1.165) is 45.2 Å². The number of carbonyl (C=O) groups excluding carboxylic acids is 1.